The van der Waals surface area contributed by atoms with Gasteiger partial charge in [0.25, 0.3) is 0 Å². The number of anilines is 1. The van der Waals surface area contributed by atoms with Gasteiger partial charge in [-0.3, -0.25) is 9.69 Å². The van der Waals surface area contributed by atoms with E-state index in [4.69, 9.17) is 0 Å². The highest BCUT2D eigenvalue weighted by Gasteiger charge is 2.16. The first-order valence-corrected chi connectivity index (χ1v) is 9.71. The minimum Gasteiger partial charge on any atom is -0.369 e. The molecule has 0 aliphatic carbocycles. The Hall–Kier alpha value is -2.11. The maximum Gasteiger partial charge on any atom is 0.244 e. The largest absolute Gasteiger partial charge is 0.369 e. The van der Waals surface area contributed by atoms with Gasteiger partial charge in [0.2, 0.25) is 5.91 Å². The summed E-state index contributed by atoms with van der Waals surface area (Å²) in [7, 11) is 0. The molecule has 1 aliphatic heterocycles. The standard InChI is InChI=1S/C20H25N3OS/c24-20(10-9-19-8-4-17-25-19)21-11-5-12-22-13-15-23(16-14-22)18-6-2-1-3-7-18/h1-4,6-10,17H,5,11-16H2,(H,21,24)/b10-9+. The van der Waals surface area contributed by atoms with Gasteiger partial charge in [-0.1, -0.05) is 24.3 Å². The van der Waals surface area contributed by atoms with Gasteiger partial charge in [0, 0.05) is 49.4 Å². The second-order valence-corrected chi connectivity index (χ2v) is 7.14. The quantitative estimate of drug-likeness (QED) is 0.612. The Morgan fingerprint density at radius 3 is 2.60 bits per heavy atom. The molecule has 1 aromatic heterocycles. The van der Waals surface area contributed by atoms with Gasteiger partial charge < -0.3 is 10.2 Å². The number of carbonyl (C=O) groups excluding carboxylic acids is 1. The number of rotatable bonds is 7. The van der Waals surface area contributed by atoms with E-state index in [2.05, 4.69) is 45.4 Å². The van der Waals surface area contributed by atoms with Crippen LogP contribution in [-0.4, -0.2) is 50.1 Å². The van der Waals surface area contributed by atoms with Gasteiger partial charge in [0.1, 0.15) is 0 Å². The van der Waals surface area contributed by atoms with Gasteiger partial charge in [-0.25, -0.2) is 0 Å². The third-order valence-electron chi connectivity index (χ3n) is 4.39. The average molecular weight is 356 g/mol. The Labute approximate surface area is 153 Å². The third-order valence-corrected chi connectivity index (χ3v) is 5.22. The second kappa shape index (κ2) is 9.39. The molecule has 4 nitrogen and oxygen atoms in total. The van der Waals surface area contributed by atoms with E-state index >= 15 is 0 Å². The summed E-state index contributed by atoms with van der Waals surface area (Å²) >= 11 is 1.63. The summed E-state index contributed by atoms with van der Waals surface area (Å²) in [5.74, 6) is -0.0118. The molecule has 1 saturated heterocycles. The number of carbonyl (C=O) groups is 1. The highest BCUT2D eigenvalue weighted by molar-refractivity contribution is 7.10. The predicted molar refractivity (Wildman–Crippen MR) is 106 cm³/mol. The Bertz CT molecular complexity index is 662. The van der Waals surface area contributed by atoms with Gasteiger partial charge in [-0.2, -0.15) is 0 Å². The maximum atomic E-state index is 11.8. The van der Waals surface area contributed by atoms with Crippen molar-refractivity contribution in [1.82, 2.24) is 10.2 Å². The summed E-state index contributed by atoms with van der Waals surface area (Å²) in [6.45, 7) is 6.08. The molecule has 5 heteroatoms. The van der Waals surface area contributed by atoms with Crippen molar-refractivity contribution in [2.45, 2.75) is 6.42 Å². The van der Waals surface area contributed by atoms with Crippen LogP contribution < -0.4 is 10.2 Å². The number of thiophene rings is 1. The van der Waals surface area contributed by atoms with Crippen LogP contribution in [0.1, 0.15) is 11.3 Å². The average Bonchev–Trinajstić information content (AvgIpc) is 3.18. The lowest BCUT2D eigenvalue weighted by Gasteiger charge is -2.36. The van der Waals surface area contributed by atoms with Crippen LogP contribution >= 0.6 is 11.3 Å². The second-order valence-electron chi connectivity index (χ2n) is 6.16. The SMILES string of the molecule is O=C(/C=C/c1cccs1)NCCCN1CCN(c2ccccc2)CC1. The number of para-hydroxylation sites is 1. The minimum absolute atomic E-state index is 0.0118. The predicted octanol–water partition coefficient (Wildman–Crippen LogP) is 3.09. The van der Waals surface area contributed by atoms with Crippen LogP contribution in [0.25, 0.3) is 6.08 Å². The first-order chi connectivity index (χ1) is 12.3. The highest BCUT2D eigenvalue weighted by atomic mass is 32.1. The molecule has 1 aromatic carbocycles. The van der Waals surface area contributed by atoms with E-state index in [9.17, 15) is 4.79 Å². The van der Waals surface area contributed by atoms with Crippen LogP contribution in [0.3, 0.4) is 0 Å². The molecule has 0 radical (unpaired) electrons. The summed E-state index contributed by atoms with van der Waals surface area (Å²) in [6, 6.07) is 14.6. The molecule has 1 amide bonds. The lowest BCUT2D eigenvalue weighted by Crippen LogP contribution is -2.47. The number of piperazine rings is 1. The molecule has 0 spiro atoms. The lowest BCUT2D eigenvalue weighted by atomic mass is 10.2. The van der Waals surface area contributed by atoms with Crippen LogP contribution in [0, 0.1) is 0 Å². The molecule has 2 aromatic rings. The number of hydrogen-bond acceptors (Lipinski definition) is 4. The third kappa shape index (κ3) is 5.73. The molecule has 0 saturated carbocycles. The van der Waals surface area contributed by atoms with Gasteiger partial charge >= 0.3 is 0 Å². The van der Waals surface area contributed by atoms with Crippen molar-refractivity contribution in [2.75, 3.05) is 44.2 Å². The lowest BCUT2D eigenvalue weighted by molar-refractivity contribution is -0.116. The van der Waals surface area contributed by atoms with Gasteiger partial charge in [-0.15, -0.1) is 11.3 Å². The fourth-order valence-electron chi connectivity index (χ4n) is 2.99. The molecule has 0 atom stereocenters. The van der Waals surface area contributed by atoms with E-state index in [1.54, 1.807) is 17.4 Å². The molecule has 3 rings (SSSR count). The van der Waals surface area contributed by atoms with E-state index in [1.165, 1.54) is 5.69 Å². The van der Waals surface area contributed by atoms with Crippen molar-refractivity contribution in [3.8, 4) is 0 Å². The fourth-order valence-corrected chi connectivity index (χ4v) is 3.60. The Morgan fingerprint density at radius 1 is 1.08 bits per heavy atom. The van der Waals surface area contributed by atoms with Crippen LogP contribution in [-0.2, 0) is 4.79 Å². The molecule has 1 aliphatic rings. The van der Waals surface area contributed by atoms with Crippen molar-refractivity contribution < 1.29 is 4.79 Å². The summed E-state index contributed by atoms with van der Waals surface area (Å²) in [4.78, 5) is 17.8. The fraction of sp³-hybridized carbons (Fsp3) is 0.350. The van der Waals surface area contributed by atoms with Crippen molar-refractivity contribution in [1.29, 1.82) is 0 Å². The number of nitrogens with zero attached hydrogens (tertiary/aromatic N) is 2. The van der Waals surface area contributed by atoms with Crippen molar-refractivity contribution in [3.63, 3.8) is 0 Å². The molecule has 25 heavy (non-hydrogen) atoms. The van der Waals surface area contributed by atoms with E-state index < -0.39 is 0 Å². The number of benzene rings is 1. The Kier molecular flexibility index (Phi) is 6.65. The molecule has 0 unspecified atom stereocenters. The summed E-state index contributed by atoms with van der Waals surface area (Å²) in [5, 5.41) is 4.97. The zero-order chi connectivity index (χ0) is 17.3. The minimum atomic E-state index is -0.0118. The molecule has 132 valence electrons. The van der Waals surface area contributed by atoms with Crippen LogP contribution in [0.4, 0.5) is 5.69 Å². The molecule has 1 N–H and O–H groups in total. The van der Waals surface area contributed by atoms with E-state index in [0.717, 1.165) is 50.6 Å². The van der Waals surface area contributed by atoms with Crippen LogP contribution in [0.5, 0.6) is 0 Å². The van der Waals surface area contributed by atoms with E-state index in [-0.39, 0.29) is 5.91 Å². The molecule has 2 heterocycles. The topological polar surface area (TPSA) is 35.6 Å². The molecule has 1 fully saturated rings. The molecular formula is C20H25N3OS. The molecule has 0 bridgehead atoms. The maximum absolute atomic E-state index is 11.8. The number of amides is 1. The van der Waals surface area contributed by atoms with E-state index in [0.29, 0.717) is 0 Å². The highest BCUT2D eigenvalue weighted by Crippen LogP contribution is 2.15. The van der Waals surface area contributed by atoms with E-state index in [1.807, 2.05) is 23.6 Å². The van der Waals surface area contributed by atoms with Gasteiger partial charge in [-0.05, 0) is 42.6 Å². The first-order valence-electron chi connectivity index (χ1n) is 8.83. The number of nitrogens with one attached hydrogen (secondary N) is 1. The molecular weight excluding hydrogens is 330 g/mol. The normalized spacial score (nSPS) is 15.6. The van der Waals surface area contributed by atoms with Gasteiger partial charge in [0.15, 0.2) is 0 Å². The van der Waals surface area contributed by atoms with Crippen molar-refractivity contribution >= 4 is 29.0 Å². The van der Waals surface area contributed by atoms with Gasteiger partial charge in [0.05, 0.1) is 0 Å². The first kappa shape index (κ1) is 17.7. The summed E-state index contributed by atoms with van der Waals surface area (Å²) < 4.78 is 0. The monoisotopic (exact) mass is 355 g/mol. The van der Waals surface area contributed by atoms with Crippen LogP contribution in [0.15, 0.2) is 53.9 Å². The number of hydrogen-bond donors (Lipinski definition) is 1. The van der Waals surface area contributed by atoms with Crippen molar-refractivity contribution in [2.24, 2.45) is 0 Å². The zero-order valence-electron chi connectivity index (χ0n) is 14.4. The zero-order valence-corrected chi connectivity index (χ0v) is 15.3. The van der Waals surface area contributed by atoms with Crippen LogP contribution in [0.2, 0.25) is 0 Å². The Balaban J connectivity index is 1.29. The van der Waals surface area contributed by atoms with Crippen molar-refractivity contribution in [3.05, 3.63) is 58.8 Å². The Morgan fingerprint density at radius 2 is 1.88 bits per heavy atom. The summed E-state index contributed by atoms with van der Waals surface area (Å²) in [6.07, 6.45) is 4.47. The smallest absolute Gasteiger partial charge is 0.244 e. The summed E-state index contributed by atoms with van der Waals surface area (Å²) in [5.41, 5.74) is 1.31.